The van der Waals surface area contributed by atoms with Crippen molar-refractivity contribution in [3.8, 4) is 44.5 Å². The van der Waals surface area contributed by atoms with E-state index in [1.165, 1.54) is 95.0 Å². The molecule has 0 atom stereocenters. The molecule has 0 heterocycles. The van der Waals surface area contributed by atoms with Gasteiger partial charge in [-0.15, -0.1) is 0 Å². The summed E-state index contributed by atoms with van der Waals surface area (Å²) in [5.41, 5.74) is 21.7. The van der Waals surface area contributed by atoms with Gasteiger partial charge in [0.05, 0.1) is 5.69 Å². The predicted octanol–water partition coefficient (Wildman–Crippen LogP) is 13.7. The second kappa shape index (κ2) is 11.4. The lowest BCUT2D eigenvalue weighted by Crippen LogP contribution is -2.18. The van der Waals surface area contributed by atoms with Gasteiger partial charge >= 0.3 is 0 Å². The zero-order valence-corrected chi connectivity index (χ0v) is 30.4. The van der Waals surface area contributed by atoms with Crippen LogP contribution in [0.3, 0.4) is 0 Å². The van der Waals surface area contributed by atoms with Crippen LogP contribution in [0.1, 0.15) is 61.1 Å². The molecule has 2 aliphatic rings. The molecule has 1 heteroatoms. The third kappa shape index (κ3) is 4.75. The molecule has 0 bridgehead atoms. The standard InChI is InChI=1S/C50H43N/c1-32-16-10-11-19-38(32)43-29-35(34-17-8-7-9-18-34)28-33(2)48(43)51(36-24-26-41-39-20-12-14-22-44(39)49(3,4)46(41)30-36)37-25-27-42-40-21-13-15-23-45(40)50(5,6)47(42)31-37/h7-31H,1-6H3. The van der Waals surface area contributed by atoms with Crippen LogP contribution in [0.25, 0.3) is 44.5 Å². The Labute approximate surface area is 302 Å². The highest BCUT2D eigenvalue weighted by Gasteiger charge is 2.38. The van der Waals surface area contributed by atoms with Crippen molar-refractivity contribution in [2.45, 2.75) is 52.4 Å². The third-order valence-electron chi connectivity index (χ3n) is 11.7. The normalized spacial score (nSPS) is 14.4. The molecule has 0 unspecified atom stereocenters. The summed E-state index contributed by atoms with van der Waals surface area (Å²) in [4.78, 5) is 2.55. The molecule has 0 N–H and O–H groups in total. The highest BCUT2D eigenvalue weighted by Crippen LogP contribution is 2.54. The molecule has 0 aliphatic heterocycles. The van der Waals surface area contributed by atoms with Crippen LogP contribution >= 0.6 is 0 Å². The van der Waals surface area contributed by atoms with Crippen molar-refractivity contribution >= 4 is 17.1 Å². The van der Waals surface area contributed by atoms with E-state index in [9.17, 15) is 0 Å². The number of aryl methyl sites for hydroxylation is 2. The lowest BCUT2D eigenvalue weighted by molar-refractivity contribution is 0.660. The third-order valence-corrected chi connectivity index (χ3v) is 11.7. The first-order valence-electron chi connectivity index (χ1n) is 18.2. The Hall–Kier alpha value is -5.66. The summed E-state index contributed by atoms with van der Waals surface area (Å²) in [5.74, 6) is 0. The maximum absolute atomic E-state index is 2.55. The van der Waals surface area contributed by atoms with E-state index in [0.717, 1.165) is 0 Å². The fourth-order valence-corrected chi connectivity index (χ4v) is 9.02. The quantitative estimate of drug-likeness (QED) is 0.178. The summed E-state index contributed by atoms with van der Waals surface area (Å²) in [6, 6.07) is 56.6. The summed E-state index contributed by atoms with van der Waals surface area (Å²) in [6.45, 7) is 14.0. The van der Waals surface area contributed by atoms with Gasteiger partial charge in [0.1, 0.15) is 0 Å². The molecule has 1 nitrogen and oxygen atoms in total. The Kier molecular flexibility index (Phi) is 7.03. The van der Waals surface area contributed by atoms with Crippen molar-refractivity contribution in [2.24, 2.45) is 0 Å². The molecule has 0 aromatic heterocycles. The molecule has 2 aliphatic carbocycles. The fraction of sp³-hybridized carbons (Fsp3) is 0.160. The van der Waals surface area contributed by atoms with Crippen molar-refractivity contribution in [1.82, 2.24) is 0 Å². The van der Waals surface area contributed by atoms with Crippen LogP contribution in [-0.4, -0.2) is 0 Å². The van der Waals surface area contributed by atoms with Gasteiger partial charge in [-0.1, -0.05) is 143 Å². The highest BCUT2D eigenvalue weighted by molar-refractivity contribution is 5.95. The van der Waals surface area contributed by atoms with E-state index in [0.29, 0.717) is 0 Å². The number of hydrogen-bond donors (Lipinski definition) is 0. The topological polar surface area (TPSA) is 3.24 Å². The summed E-state index contributed by atoms with van der Waals surface area (Å²) >= 11 is 0. The number of anilines is 3. The molecule has 248 valence electrons. The van der Waals surface area contributed by atoms with Crippen LogP contribution in [0.4, 0.5) is 17.1 Å². The Morgan fingerprint density at radius 1 is 0.353 bits per heavy atom. The lowest BCUT2D eigenvalue weighted by atomic mass is 9.82. The van der Waals surface area contributed by atoms with Crippen LogP contribution in [0.5, 0.6) is 0 Å². The van der Waals surface area contributed by atoms with Gasteiger partial charge in [0, 0.05) is 27.8 Å². The van der Waals surface area contributed by atoms with Gasteiger partial charge in [0.15, 0.2) is 0 Å². The number of hydrogen-bond acceptors (Lipinski definition) is 1. The monoisotopic (exact) mass is 657 g/mol. The molecule has 51 heavy (non-hydrogen) atoms. The van der Waals surface area contributed by atoms with Gasteiger partial charge in [-0.05, 0) is 123 Å². The second-order valence-corrected chi connectivity index (χ2v) is 15.5. The van der Waals surface area contributed by atoms with Crippen molar-refractivity contribution < 1.29 is 0 Å². The van der Waals surface area contributed by atoms with Gasteiger partial charge < -0.3 is 4.90 Å². The zero-order valence-electron chi connectivity index (χ0n) is 30.4. The zero-order chi connectivity index (χ0) is 35.1. The molecule has 7 aromatic carbocycles. The number of fused-ring (bicyclic) bond motifs is 6. The van der Waals surface area contributed by atoms with E-state index < -0.39 is 0 Å². The largest absolute Gasteiger partial charge is 0.310 e. The van der Waals surface area contributed by atoms with E-state index >= 15 is 0 Å². The Morgan fingerprint density at radius 2 is 0.824 bits per heavy atom. The number of benzene rings is 7. The van der Waals surface area contributed by atoms with Crippen molar-refractivity contribution in [2.75, 3.05) is 4.90 Å². The number of rotatable bonds is 5. The highest BCUT2D eigenvalue weighted by atomic mass is 15.1. The molecular weight excluding hydrogens is 615 g/mol. The summed E-state index contributed by atoms with van der Waals surface area (Å²) < 4.78 is 0. The first kappa shape index (κ1) is 31.3. The van der Waals surface area contributed by atoms with E-state index in [4.69, 9.17) is 0 Å². The van der Waals surface area contributed by atoms with Crippen LogP contribution in [-0.2, 0) is 10.8 Å². The van der Waals surface area contributed by atoms with Gasteiger partial charge in [-0.25, -0.2) is 0 Å². The van der Waals surface area contributed by atoms with Crippen molar-refractivity contribution in [3.63, 3.8) is 0 Å². The predicted molar refractivity (Wildman–Crippen MR) is 217 cm³/mol. The molecule has 0 fully saturated rings. The van der Waals surface area contributed by atoms with E-state index in [1.807, 2.05) is 0 Å². The van der Waals surface area contributed by atoms with Crippen LogP contribution in [0.2, 0.25) is 0 Å². The van der Waals surface area contributed by atoms with E-state index in [-0.39, 0.29) is 10.8 Å². The van der Waals surface area contributed by atoms with E-state index in [1.54, 1.807) is 0 Å². The van der Waals surface area contributed by atoms with Crippen LogP contribution < -0.4 is 4.90 Å². The molecule has 7 aromatic rings. The summed E-state index contributed by atoms with van der Waals surface area (Å²) in [6.07, 6.45) is 0. The Morgan fingerprint density at radius 3 is 1.37 bits per heavy atom. The SMILES string of the molecule is Cc1ccccc1-c1cc(-c2ccccc2)cc(C)c1N(c1ccc2c(c1)C(C)(C)c1ccccc1-2)c1ccc2c(c1)C(C)(C)c1ccccc1-2. The molecule has 0 saturated heterocycles. The Bertz CT molecular complexity index is 2390. The number of nitrogens with zero attached hydrogens (tertiary/aromatic N) is 1. The first-order chi connectivity index (χ1) is 24.6. The van der Waals surface area contributed by atoms with Gasteiger partial charge in [0.25, 0.3) is 0 Å². The molecule has 9 rings (SSSR count). The van der Waals surface area contributed by atoms with Crippen LogP contribution in [0, 0.1) is 13.8 Å². The minimum Gasteiger partial charge on any atom is -0.310 e. The molecule has 0 spiro atoms. The molecular formula is C50H43N. The van der Waals surface area contributed by atoms with E-state index in [2.05, 4.69) is 198 Å². The van der Waals surface area contributed by atoms with Crippen LogP contribution in [0.15, 0.2) is 152 Å². The summed E-state index contributed by atoms with van der Waals surface area (Å²) in [7, 11) is 0. The minimum absolute atomic E-state index is 0.111. The van der Waals surface area contributed by atoms with Gasteiger partial charge in [0.2, 0.25) is 0 Å². The minimum atomic E-state index is -0.111. The average Bonchev–Trinajstić information content (AvgIpc) is 3.52. The Balaban J connectivity index is 1.33. The van der Waals surface area contributed by atoms with Gasteiger partial charge in [-0.3, -0.25) is 0 Å². The first-order valence-corrected chi connectivity index (χ1v) is 18.2. The van der Waals surface area contributed by atoms with Gasteiger partial charge in [-0.2, -0.15) is 0 Å². The average molecular weight is 658 g/mol. The fourth-order valence-electron chi connectivity index (χ4n) is 9.02. The molecule has 0 radical (unpaired) electrons. The maximum Gasteiger partial charge on any atom is 0.0569 e. The molecule has 0 saturated carbocycles. The summed E-state index contributed by atoms with van der Waals surface area (Å²) in [5, 5.41) is 0. The molecule has 0 amide bonds. The maximum atomic E-state index is 2.55. The lowest BCUT2D eigenvalue weighted by Gasteiger charge is -2.33. The second-order valence-electron chi connectivity index (χ2n) is 15.5. The van der Waals surface area contributed by atoms with Crippen molar-refractivity contribution in [3.05, 3.63) is 185 Å². The van der Waals surface area contributed by atoms with Crippen molar-refractivity contribution in [1.29, 1.82) is 0 Å². The smallest absolute Gasteiger partial charge is 0.0569 e.